The number of aliphatic hydroxyl groups excluding tert-OH is 1. The van der Waals surface area contributed by atoms with Crippen LogP contribution in [0.4, 0.5) is 0 Å². The molecule has 1 fully saturated rings. The summed E-state index contributed by atoms with van der Waals surface area (Å²) >= 11 is 0. The lowest BCUT2D eigenvalue weighted by molar-refractivity contribution is -0.143. The van der Waals surface area contributed by atoms with Crippen molar-refractivity contribution < 1.29 is 24.1 Å². The number of hydrogen-bond donors (Lipinski definition) is 1. The lowest BCUT2D eigenvalue weighted by Crippen LogP contribution is -2.27. The molecule has 2 atom stereocenters. The van der Waals surface area contributed by atoms with Crippen LogP contribution in [-0.4, -0.2) is 49.7 Å². The molecule has 1 rings (SSSR count). The zero-order valence-electron chi connectivity index (χ0n) is 9.64. The van der Waals surface area contributed by atoms with Crippen molar-refractivity contribution in [2.45, 2.75) is 26.1 Å². The molecule has 16 heavy (non-hydrogen) atoms. The molecule has 0 aliphatic carbocycles. The maximum atomic E-state index is 11.2. The van der Waals surface area contributed by atoms with Crippen molar-refractivity contribution in [3.8, 4) is 0 Å². The average Bonchev–Trinajstić information content (AvgIpc) is 3.00. The van der Waals surface area contributed by atoms with Crippen LogP contribution in [0.15, 0.2) is 11.6 Å². The molecule has 2 unspecified atom stereocenters. The number of allylic oxidation sites excluding steroid dienone is 1. The first kappa shape index (κ1) is 13.2. The molecule has 0 aromatic rings. The van der Waals surface area contributed by atoms with Crippen molar-refractivity contribution in [1.82, 2.24) is 0 Å². The van der Waals surface area contributed by atoms with Crippen LogP contribution in [0.2, 0.25) is 0 Å². The van der Waals surface area contributed by atoms with E-state index in [4.69, 9.17) is 19.3 Å². The lowest BCUT2D eigenvalue weighted by atomic mass is 10.3. The van der Waals surface area contributed by atoms with Crippen molar-refractivity contribution in [2.75, 3.05) is 26.4 Å². The van der Waals surface area contributed by atoms with Gasteiger partial charge in [-0.25, -0.2) is 4.79 Å². The summed E-state index contributed by atoms with van der Waals surface area (Å²) in [6.45, 7) is 4.65. The first-order valence-electron chi connectivity index (χ1n) is 5.27. The standard InChI is InChI=1S/C11H18O5/c1-8(2)3-11(13)16-5-9(4-12)14-6-10-7-15-10/h3,9-10,12H,4-7H2,1-2H3. The zero-order chi connectivity index (χ0) is 12.0. The first-order valence-corrected chi connectivity index (χ1v) is 5.27. The second-order valence-electron chi connectivity index (χ2n) is 3.94. The molecule has 1 saturated heterocycles. The third-order valence-electron chi connectivity index (χ3n) is 1.94. The predicted octanol–water partition coefficient (Wildman–Crippen LogP) is 0.272. The fraction of sp³-hybridized carbons (Fsp3) is 0.727. The van der Waals surface area contributed by atoms with E-state index in [1.807, 2.05) is 13.8 Å². The van der Waals surface area contributed by atoms with Crippen LogP contribution in [0.5, 0.6) is 0 Å². The molecule has 1 aliphatic heterocycles. The molecule has 1 aliphatic rings. The molecule has 1 N–H and O–H groups in total. The second-order valence-corrected chi connectivity index (χ2v) is 3.94. The van der Waals surface area contributed by atoms with Gasteiger partial charge in [-0.05, 0) is 13.8 Å². The fourth-order valence-electron chi connectivity index (χ4n) is 1.01. The van der Waals surface area contributed by atoms with E-state index in [9.17, 15) is 4.79 Å². The highest BCUT2D eigenvalue weighted by molar-refractivity contribution is 5.82. The highest BCUT2D eigenvalue weighted by atomic mass is 16.6. The molecule has 92 valence electrons. The van der Waals surface area contributed by atoms with E-state index >= 15 is 0 Å². The molecular weight excluding hydrogens is 212 g/mol. The zero-order valence-corrected chi connectivity index (χ0v) is 9.64. The summed E-state index contributed by atoms with van der Waals surface area (Å²) in [4.78, 5) is 11.2. The van der Waals surface area contributed by atoms with Gasteiger partial charge in [-0.1, -0.05) is 5.57 Å². The van der Waals surface area contributed by atoms with Crippen molar-refractivity contribution in [3.05, 3.63) is 11.6 Å². The predicted molar refractivity (Wildman–Crippen MR) is 57.0 cm³/mol. The van der Waals surface area contributed by atoms with Crippen molar-refractivity contribution in [1.29, 1.82) is 0 Å². The maximum Gasteiger partial charge on any atom is 0.330 e. The van der Waals surface area contributed by atoms with Gasteiger partial charge in [-0.2, -0.15) is 0 Å². The highest BCUT2D eigenvalue weighted by Crippen LogP contribution is 2.10. The topological polar surface area (TPSA) is 68.3 Å². The maximum absolute atomic E-state index is 11.2. The Kier molecular flexibility index (Phi) is 5.45. The van der Waals surface area contributed by atoms with Gasteiger partial charge in [0.25, 0.3) is 0 Å². The molecule has 0 radical (unpaired) electrons. The average molecular weight is 230 g/mol. The van der Waals surface area contributed by atoms with Gasteiger partial charge in [0.1, 0.15) is 18.8 Å². The van der Waals surface area contributed by atoms with E-state index in [1.165, 1.54) is 6.08 Å². The summed E-state index contributed by atoms with van der Waals surface area (Å²) < 4.78 is 15.2. The Balaban J connectivity index is 2.16. The number of aliphatic hydroxyl groups is 1. The van der Waals surface area contributed by atoms with E-state index in [2.05, 4.69) is 0 Å². The Morgan fingerprint density at radius 1 is 1.62 bits per heavy atom. The normalized spacial score (nSPS) is 20.1. The van der Waals surface area contributed by atoms with Crippen molar-refractivity contribution in [3.63, 3.8) is 0 Å². The molecular formula is C11H18O5. The number of hydrogen-bond acceptors (Lipinski definition) is 5. The third-order valence-corrected chi connectivity index (χ3v) is 1.94. The van der Waals surface area contributed by atoms with Crippen LogP contribution in [0.1, 0.15) is 13.8 Å². The Bertz CT molecular complexity index is 253. The number of epoxide rings is 1. The number of esters is 1. The van der Waals surface area contributed by atoms with Crippen LogP contribution in [0, 0.1) is 0 Å². The van der Waals surface area contributed by atoms with Crippen LogP contribution in [0.25, 0.3) is 0 Å². The minimum atomic E-state index is -0.473. The van der Waals surface area contributed by atoms with Gasteiger partial charge in [-0.15, -0.1) is 0 Å². The van der Waals surface area contributed by atoms with E-state index in [-0.39, 0.29) is 19.3 Å². The quantitative estimate of drug-likeness (QED) is 0.386. The summed E-state index contributed by atoms with van der Waals surface area (Å²) in [5.41, 5.74) is 0.873. The largest absolute Gasteiger partial charge is 0.460 e. The summed E-state index contributed by atoms with van der Waals surface area (Å²) in [5, 5.41) is 8.98. The Morgan fingerprint density at radius 3 is 2.81 bits per heavy atom. The smallest absolute Gasteiger partial charge is 0.330 e. The number of carbonyl (C=O) groups excluding carboxylic acids is 1. The highest BCUT2D eigenvalue weighted by Gasteiger charge is 2.24. The Morgan fingerprint density at radius 2 is 2.31 bits per heavy atom. The summed E-state index contributed by atoms with van der Waals surface area (Å²) in [6.07, 6.45) is 1.07. The van der Waals surface area contributed by atoms with Gasteiger partial charge in [0.2, 0.25) is 0 Å². The minimum absolute atomic E-state index is 0.0613. The Labute approximate surface area is 95.0 Å². The SMILES string of the molecule is CC(C)=CC(=O)OCC(CO)OCC1CO1. The van der Waals surface area contributed by atoms with Gasteiger partial charge < -0.3 is 19.3 Å². The van der Waals surface area contributed by atoms with Crippen LogP contribution < -0.4 is 0 Å². The number of ether oxygens (including phenoxy) is 3. The monoisotopic (exact) mass is 230 g/mol. The van der Waals surface area contributed by atoms with Gasteiger partial charge in [0, 0.05) is 6.08 Å². The molecule has 5 heteroatoms. The summed E-state index contributed by atoms with van der Waals surface area (Å²) in [6, 6.07) is 0. The fourth-order valence-corrected chi connectivity index (χ4v) is 1.01. The number of carbonyl (C=O) groups is 1. The first-order chi connectivity index (χ1) is 7.61. The van der Waals surface area contributed by atoms with E-state index in [1.54, 1.807) is 0 Å². The molecule has 0 aromatic heterocycles. The van der Waals surface area contributed by atoms with Crippen LogP contribution >= 0.6 is 0 Å². The van der Waals surface area contributed by atoms with Crippen LogP contribution in [-0.2, 0) is 19.0 Å². The Hall–Kier alpha value is -0.910. The molecule has 0 saturated carbocycles. The van der Waals surface area contributed by atoms with E-state index in [0.29, 0.717) is 13.2 Å². The van der Waals surface area contributed by atoms with Gasteiger partial charge >= 0.3 is 5.97 Å². The second kappa shape index (κ2) is 6.62. The van der Waals surface area contributed by atoms with Gasteiger partial charge in [0.05, 0.1) is 19.8 Å². The third kappa shape index (κ3) is 5.85. The lowest BCUT2D eigenvalue weighted by Gasteiger charge is -2.14. The molecule has 0 amide bonds. The molecule has 0 spiro atoms. The molecule has 0 aromatic carbocycles. The molecule has 0 bridgehead atoms. The number of rotatable bonds is 7. The van der Waals surface area contributed by atoms with Crippen LogP contribution in [0.3, 0.4) is 0 Å². The summed E-state index contributed by atoms with van der Waals surface area (Å²) in [7, 11) is 0. The van der Waals surface area contributed by atoms with Crippen molar-refractivity contribution in [2.24, 2.45) is 0 Å². The van der Waals surface area contributed by atoms with E-state index < -0.39 is 12.1 Å². The van der Waals surface area contributed by atoms with Crippen molar-refractivity contribution >= 4 is 5.97 Å². The minimum Gasteiger partial charge on any atom is -0.460 e. The molecule has 5 nitrogen and oxygen atoms in total. The molecule has 1 heterocycles. The summed E-state index contributed by atoms with van der Waals surface area (Å²) in [5.74, 6) is -0.412. The van der Waals surface area contributed by atoms with Gasteiger partial charge in [-0.3, -0.25) is 0 Å². The van der Waals surface area contributed by atoms with E-state index in [0.717, 1.165) is 5.57 Å². The van der Waals surface area contributed by atoms with Gasteiger partial charge in [0.15, 0.2) is 0 Å².